The predicted molar refractivity (Wildman–Crippen MR) is 52.6 cm³/mol. The van der Waals surface area contributed by atoms with Gasteiger partial charge in [-0.15, -0.1) is 0 Å². The molecule has 1 aromatic rings. The SMILES string of the molecule is Cc1c(N)cccc1C(=O)NC(N)=O. The lowest BCUT2D eigenvalue weighted by Crippen LogP contribution is -2.35. The first-order valence-electron chi connectivity index (χ1n) is 3.98. The van der Waals surface area contributed by atoms with Crippen LogP contribution in [0.3, 0.4) is 0 Å². The first-order chi connectivity index (χ1) is 6.52. The van der Waals surface area contributed by atoms with Gasteiger partial charge in [-0.1, -0.05) is 6.07 Å². The van der Waals surface area contributed by atoms with Crippen molar-refractivity contribution >= 4 is 17.6 Å². The molecule has 0 fully saturated rings. The number of hydrogen-bond acceptors (Lipinski definition) is 3. The van der Waals surface area contributed by atoms with Crippen molar-refractivity contribution in [3.05, 3.63) is 29.3 Å². The number of anilines is 1. The molecule has 0 aliphatic heterocycles. The summed E-state index contributed by atoms with van der Waals surface area (Å²) >= 11 is 0. The van der Waals surface area contributed by atoms with Gasteiger partial charge in [0.25, 0.3) is 5.91 Å². The van der Waals surface area contributed by atoms with E-state index in [9.17, 15) is 9.59 Å². The summed E-state index contributed by atoms with van der Waals surface area (Å²) in [5.41, 5.74) is 11.9. The molecular formula is C9H11N3O2. The first-order valence-corrected chi connectivity index (χ1v) is 3.98. The summed E-state index contributed by atoms with van der Waals surface area (Å²) in [4.78, 5) is 21.8. The predicted octanol–water partition coefficient (Wildman–Crippen LogP) is 0.386. The maximum Gasteiger partial charge on any atom is 0.319 e. The van der Waals surface area contributed by atoms with E-state index < -0.39 is 11.9 Å². The van der Waals surface area contributed by atoms with E-state index in [4.69, 9.17) is 11.5 Å². The summed E-state index contributed by atoms with van der Waals surface area (Å²) in [6.07, 6.45) is 0. The van der Waals surface area contributed by atoms with Crippen molar-refractivity contribution in [2.24, 2.45) is 5.73 Å². The summed E-state index contributed by atoms with van der Waals surface area (Å²) < 4.78 is 0. The second kappa shape index (κ2) is 3.78. The van der Waals surface area contributed by atoms with Crippen LogP contribution in [-0.2, 0) is 0 Å². The minimum Gasteiger partial charge on any atom is -0.398 e. The lowest BCUT2D eigenvalue weighted by molar-refractivity contribution is 0.0965. The maximum absolute atomic E-state index is 11.4. The average molecular weight is 193 g/mol. The second-order valence-electron chi connectivity index (χ2n) is 2.84. The van der Waals surface area contributed by atoms with Crippen molar-refractivity contribution in [2.75, 3.05) is 5.73 Å². The van der Waals surface area contributed by atoms with Gasteiger partial charge >= 0.3 is 6.03 Å². The number of rotatable bonds is 1. The van der Waals surface area contributed by atoms with E-state index in [0.717, 1.165) is 0 Å². The summed E-state index contributed by atoms with van der Waals surface area (Å²) in [5.74, 6) is -0.540. The zero-order valence-electron chi connectivity index (χ0n) is 7.70. The monoisotopic (exact) mass is 193 g/mol. The Hall–Kier alpha value is -2.04. The molecule has 74 valence electrons. The molecular weight excluding hydrogens is 182 g/mol. The van der Waals surface area contributed by atoms with E-state index >= 15 is 0 Å². The van der Waals surface area contributed by atoms with Crippen LogP contribution in [-0.4, -0.2) is 11.9 Å². The van der Waals surface area contributed by atoms with Crippen LogP contribution in [0, 0.1) is 6.92 Å². The smallest absolute Gasteiger partial charge is 0.319 e. The molecule has 0 aliphatic rings. The molecule has 0 atom stereocenters. The Morgan fingerprint density at radius 1 is 1.36 bits per heavy atom. The van der Waals surface area contributed by atoms with E-state index in [0.29, 0.717) is 16.8 Å². The number of urea groups is 1. The number of hydrogen-bond donors (Lipinski definition) is 3. The number of carbonyl (C=O) groups is 2. The lowest BCUT2D eigenvalue weighted by Gasteiger charge is -2.06. The third-order valence-corrected chi connectivity index (χ3v) is 1.86. The number of carbonyl (C=O) groups excluding carboxylic acids is 2. The Bertz CT molecular complexity index is 388. The molecule has 0 aliphatic carbocycles. The Balaban J connectivity index is 3.01. The molecule has 1 rings (SSSR count). The quantitative estimate of drug-likeness (QED) is 0.562. The fraction of sp³-hybridized carbons (Fsp3) is 0.111. The van der Waals surface area contributed by atoms with E-state index in [-0.39, 0.29) is 0 Å². The first kappa shape index (κ1) is 10.0. The highest BCUT2D eigenvalue weighted by molar-refractivity contribution is 6.05. The minimum absolute atomic E-state index is 0.351. The van der Waals surface area contributed by atoms with Crippen LogP contribution in [0.25, 0.3) is 0 Å². The lowest BCUT2D eigenvalue weighted by atomic mass is 10.1. The number of amides is 3. The fourth-order valence-corrected chi connectivity index (χ4v) is 1.08. The number of benzene rings is 1. The highest BCUT2D eigenvalue weighted by Gasteiger charge is 2.11. The van der Waals surface area contributed by atoms with Crippen LogP contribution < -0.4 is 16.8 Å². The zero-order chi connectivity index (χ0) is 10.7. The Morgan fingerprint density at radius 2 is 2.00 bits per heavy atom. The van der Waals surface area contributed by atoms with Gasteiger partial charge < -0.3 is 11.5 Å². The summed E-state index contributed by atoms with van der Waals surface area (Å²) in [7, 11) is 0. The van der Waals surface area contributed by atoms with Gasteiger partial charge in [0, 0.05) is 11.3 Å². The van der Waals surface area contributed by atoms with Crippen LogP contribution in [0.1, 0.15) is 15.9 Å². The normalized spacial score (nSPS) is 9.50. The molecule has 5 nitrogen and oxygen atoms in total. The Labute approximate surface area is 81.1 Å². The van der Waals surface area contributed by atoms with E-state index in [1.807, 2.05) is 5.32 Å². The van der Waals surface area contributed by atoms with Gasteiger partial charge in [-0.2, -0.15) is 0 Å². The van der Waals surface area contributed by atoms with Gasteiger partial charge in [-0.05, 0) is 24.6 Å². The molecule has 0 spiro atoms. The number of nitrogens with two attached hydrogens (primary N) is 2. The maximum atomic E-state index is 11.4. The minimum atomic E-state index is -0.878. The number of primary amides is 1. The summed E-state index contributed by atoms with van der Waals surface area (Å²) in [6.45, 7) is 1.70. The molecule has 0 heterocycles. The van der Waals surface area contributed by atoms with Crippen molar-refractivity contribution in [1.82, 2.24) is 5.32 Å². The number of nitrogen functional groups attached to an aromatic ring is 1. The number of imide groups is 1. The molecule has 0 radical (unpaired) electrons. The molecule has 0 aromatic heterocycles. The molecule has 3 amide bonds. The van der Waals surface area contributed by atoms with Crippen molar-refractivity contribution in [1.29, 1.82) is 0 Å². The van der Waals surface area contributed by atoms with Gasteiger partial charge in [0.1, 0.15) is 0 Å². The van der Waals surface area contributed by atoms with Gasteiger partial charge in [-0.3, -0.25) is 10.1 Å². The van der Waals surface area contributed by atoms with E-state index in [1.165, 1.54) is 0 Å². The average Bonchev–Trinajstić information content (AvgIpc) is 2.08. The topological polar surface area (TPSA) is 98.2 Å². The van der Waals surface area contributed by atoms with Crippen molar-refractivity contribution in [3.63, 3.8) is 0 Å². The van der Waals surface area contributed by atoms with Gasteiger partial charge in [0.15, 0.2) is 0 Å². The highest BCUT2D eigenvalue weighted by Crippen LogP contribution is 2.14. The standard InChI is InChI=1S/C9H11N3O2/c1-5-6(3-2-4-7(5)10)8(13)12-9(11)14/h2-4H,10H2,1H3,(H3,11,12,13,14). The molecule has 0 unspecified atom stereocenters. The van der Waals surface area contributed by atoms with Gasteiger partial charge in [-0.25, -0.2) is 4.79 Å². The van der Waals surface area contributed by atoms with Gasteiger partial charge in [0.2, 0.25) is 0 Å². The van der Waals surface area contributed by atoms with Crippen LogP contribution in [0.4, 0.5) is 10.5 Å². The van der Waals surface area contributed by atoms with Crippen LogP contribution >= 0.6 is 0 Å². The largest absolute Gasteiger partial charge is 0.398 e. The van der Waals surface area contributed by atoms with E-state index in [1.54, 1.807) is 25.1 Å². The molecule has 0 bridgehead atoms. The molecule has 0 saturated heterocycles. The molecule has 1 aromatic carbocycles. The van der Waals surface area contributed by atoms with Gasteiger partial charge in [0.05, 0.1) is 0 Å². The van der Waals surface area contributed by atoms with Crippen LogP contribution in [0.5, 0.6) is 0 Å². The fourth-order valence-electron chi connectivity index (χ4n) is 1.08. The Kier molecular flexibility index (Phi) is 2.71. The third kappa shape index (κ3) is 2.01. The number of nitrogens with one attached hydrogen (secondary N) is 1. The molecule has 0 saturated carbocycles. The molecule has 14 heavy (non-hydrogen) atoms. The van der Waals surface area contributed by atoms with Crippen molar-refractivity contribution in [3.8, 4) is 0 Å². The highest BCUT2D eigenvalue weighted by atomic mass is 16.2. The van der Waals surface area contributed by atoms with Crippen LogP contribution in [0.15, 0.2) is 18.2 Å². The zero-order valence-corrected chi connectivity index (χ0v) is 7.70. The molecule has 5 N–H and O–H groups in total. The summed E-state index contributed by atoms with van der Waals surface area (Å²) in [5, 5.41) is 1.97. The molecule has 5 heteroatoms. The van der Waals surface area contributed by atoms with Crippen LogP contribution in [0.2, 0.25) is 0 Å². The summed E-state index contributed by atoms with van der Waals surface area (Å²) in [6, 6.07) is 4.01. The van der Waals surface area contributed by atoms with E-state index in [2.05, 4.69) is 0 Å². The van der Waals surface area contributed by atoms with Crippen molar-refractivity contribution in [2.45, 2.75) is 6.92 Å². The second-order valence-corrected chi connectivity index (χ2v) is 2.84. The van der Waals surface area contributed by atoms with Crippen molar-refractivity contribution < 1.29 is 9.59 Å². The Morgan fingerprint density at radius 3 is 2.57 bits per heavy atom. The third-order valence-electron chi connectivity index (χ3n) is 1.86.